The maximum Gasteiger partial charge on any atom is 0.348 e. The molecule has 1 saturated heterocycles. The first-order valence-electron chi connectivity index (χ1n) is 4.16. The summed E-state index contributed by atoms with van der Waals surface area (Å²) in [5.74, 6) is 1.32. The summed E-state index contributed by atoms with van der Waals surface area (Å²) in [5, 5.41) is 8.77. The topological polar surface area (TPSA) is 50.1 Å². The van der Waals surface area contributed by atoms with Crippen LogP contribution in [0.5, 0.6) is 0 Å². The van der Waals surface area contributed by atoms with Crippen molar-refractivity contribution in [3.63, 3.8) is 0 Å². The lowest BCUT2D eigenvalue weighted by Crippen LogP contribution is -2.08. The molecule has 1 rings (SSSR count). The Bertz CT molecular complexity index is 270. The summed E-state index contributed by atoms with van der Waals surface area (Å²) in [5.41, 5.74) is 1.15. The summed E-state index contributed by atoms with van der Waals surface area (Å²) in [6.45, 7) is 2.06. The van der Waals surface area contributed by atoms with Gasteiger partial charge in [0.15, 0.2) is 0 Å². The summed E-state index contributed by atoms with van der Waals surface area (Å²) in [4.78, 5) is 11.2. The lowest BCUT2D eigenvalue weighted by molar-refractivity contribution is -0.138. The largest absolute Gasteiger partial charge is 0.462 e. The zero-order valence-corrected chi connectivity index (χ0v) is 8.32. The quantitative estimate of drug-likeness (QED) is 0.382. The van der Waals surface area contributed by atoms with Gasteiger partial charge < -0.3 is 4.74 Å². The number of nitrogens with zero attached hydrogens (tertiary/aromatic N) is 1. The van der Waals surface area contributed by atoms with Gasteiger partial charge in [0.25, 0.3) is 0 Å². The first kappa shape index (κ1) is 10.1. The van der Waals surface area contributed by atoms with Gasteiger partial charge in [0.05, 0.1) is 6.61 Å². The number of nitriles is 1. The van der Waals surface area contributed by atoms with E-state index >= 15 is 0 Å². The molecular weight excluding hydrogens is 186 g/mol. The van der Waals surface area contributed by atoms with Crippen molar-refractivity contribution in [3.8, 4) is 6.07 Å². The van der Waals surface area contributed by atoms with Gasteiger partial charge in [-0.3, -0.25) is 0 Å². The van der Waals surface area contributed by atoms with Crippen molar-refractivity contribution < 1.29 is 9.53 Å². The Morgan fingerprint density at radius 1 is 1.77 bits per heavy atom. The van der Waals surface area contributed by atoms with Crippen LogP contribution in [0.15, 0.2) is 11.1 Å². The lowest BCUT2D eigenvalue weighted by Gasteiger charge is -2.01. The fourth-order valence-electron chi connectivity index (χ4n) is 1.13. The van der Waals surface area contributed by atoms with Gasteiger partial charge >= 0.3 is 5.97 Å². The predicted octanol–water partition coefficient (Wildman–Crippen LogP) is 1.51. The van der Waals surface area contributed by atoms with E-state index in [9.17, 15) is 4.79 Å². The highest BCUT2D eigenvalue weighted by molar-refractivity contribution is 7.99. The molecule has 0 bridgehead atoms. The molecule has 0 aromatic heterocycles. The molecule has 1 fully saturated rings. The molecular formula is C9H11NO2S. The molecule has 0 aliphatic carbocycles. The maximum absolute atomic E-state index is 11.2. The first-order chi connectivity index (χ1) is 6.29. The number of carbonyl (C=O) groups excluding carboxylic acids is 1. The molecule has 70 valence electrons. The molecule has 0 amide bonds. The third-order valence-electron chi connectivity index (χ3n) is 1.77. The molecule has 0 spiro atoms. The van der Waals surface area contributed by atoms with Crippen molar-refractivity contribution in [1.82, 2.24) is 0 Å². The van der Waals surface area contributed by atoms with Crippen LogP contribution >= 0.6 is 11.8 Å². The second-order valence-corrected chi connectivity index (χ2v) is 3.72. The summed E-state index contributed by atoms with van der Waals surface area (Å²) >= 11 is 1.74. The van der Waals surface area contributed by atoms with Gasteiger partial charge in [-0.2, -0.15) is 17.0 Å². The fourth-order valence-corrected chi connectivity index (χ4v) is 2.20. The second-order valence-electron chi connectivity index (χ2n) is 2.61. The third kappa shape index (κ3) is 2.49. The Morgan fingerprint density at radius 3 is 3.00 bits per heavy atom. The zero-order valence-electron chi connectivity index (χ0n) is 7.50. The molecule has 0 aromatic rings. The van der Waals surface area contributed by atoms with Crippen LogP contribution in [-0.2, 0) is 9.53 Å². The van der Waals surface area contributed by atoms with Crippen LogP contribution in [0.1, 0.15) is 13.3 Å². The standard InChI is InChI=1S/C9H11NO2S/c1-2-12-9(11)8(5-10)7-3-4-13-6-7/h2-4,6H2,1H3/b8-7+. The van der Waals surface area contributed by atoms with Gasteiger partial charge in [0, 0.05) is 5.75 Å². The molecule has 0 aromatic carbocycles. The highest BCUT2D eigenvalue weighted by Gasteiger charge is 2.19. The summed E-state index contributed by atoms with van der Waals surface area (Å²) < 4.78 is 4.78. The molecule has 1 aliphatic heterocycles. The van der Waals surface area contributed by atoms with E-state index in [-0.39, 0.29) is 5.57 Å². The van der Waals surface area contributed by atoms with Gasteiger partial charge in [-0.15, -0.1) is 0 Å². The SMILES string of the molecule is CCOC(=O)/C(C#N)=C1\CCSC1. The minimum absolute atomic E-state index is 0.215. The van der Waals surface area contributed by atoms with Gasteiger partial charge in [0.2, 0.25) is 0 Å². The number of carbonyl (C=O) groups is 1. The molecule has 1 heterocycles. The highest BCUT2D eigenvalue weighted by Crippen LogP contribution is 2.25. The zero-order chi connectivity index (χ0) is 9.68. The van der Waals surface area contributed by atoms with Crippen molar-refractivity contribution in [3.05, 3.63) is 11.1 Å². The number of thioether (sulfide) groups is 1. The average Bonchev–Trinajstić information content (AvgIpc) is 2.59. The van der Waals surface area contributed by atoms with Crippen LogP contribution in [-0.4, -0.2) is 24.1 Å². The van der Waals surface area contributed by atoms with Crippen molar-refractivity contribution in [2.45, 2.75) is 13.3 Å². The van der Waals surface area contributed by atoms with Crippen LogP contribution in [0.3, 0.4) is 0 Å². The predicted molar refractivity (Wildman–Crippen MR) is 51.2 cm³/mol. The normalized spacial score (nSPS) is 19.4. The van der Waals surface area contributed by atoms with Crippen LogP contribution in [0.25, 0.3) is 0 Å². The first-order valence-corrected chi connectivity index (χ1v) is 5.32. The van der Waals surface area contributed by atoms with E-state index in [1.54, 1.807) is 18.7 Å². The molecule has 4 heteroatoms. The minimum Gasteiger partial charge on any atom is -0.462 e. The summed E-state index contributed by atoms with van der Waals surface area (Å²) in [6.07, 6.45) is 0.840. The summed E-state index contributed by atoms with van der Waals surface area (Å²) in [6, 6.07) is 1.92. The average molecular weight is 197 g/mol. The fraction of sp³-hybridized carbons (Fsp3) is 0.556. The van der Waals surface area contributed by atoms with Gasteiger partial charge in [0.1, 0.15) is 11.6 Å². The summed E-state index contributed by atoms with van der Waals surface area (Å²) in [7, 11) is 0. The Balaban J connectivity index is 2.77. The Morgan fingerprint density at radius 2 is 2.54 bits per heavy atom. The number of hydrogen-bond acceptors (Lipinski definition) is 4. The Hall–Kier alpha value is -0.950. The van der Waals surface area contributed by atoms with Gasteiger partial charge in [-0.1, -0.05) is 0 Å². The monoisotopic (exact) mass is 197 g/mol. The number of hydrogen-bond donors (Lipinski definition) is 0. The molecule has 13 heavy (non-hydrogen) atoms. The molecule has 0 saturated carbocycles. The van der Waals surface area contributed by atoms with Gasteiger partial charge in [-0.05, 0) is 24.7 Å². The Kier molecular flexibility index (Phi) is 3.84. The molecule has 0 N–H and O–H groups in total. The molecule has 0 radical (unpaired) electrons. The van der Waals surface area contributed by atoms with E-state index in [0.29, 0.717) is 6.61 Å². The van der Waals surface area contributed by atoms with Crippen LogP contribution in [0.4, 0.5) is 0 Å². The van der Waals surface area contributed by atoms with E-state index in [1.807, 2.05) is 6.07 Å². The van der Waals surface area contributed by atoms with Crippen LogP contribution in [0.2, 0.25) is 0 Å². The maximum atomic E-state index is 11.2. The van der Waals surface area contributed by atoms with E-state index in [0.717, 1.165) is 23.5 Å². The van der Waals surface area contributed by atoms with Crippen LogP contribution < -0.4 is 0 Å². The van der Waals surface area contributed by atoms with Gasteiger partial charge in [-0.25, -0.2) is 4.79 Å². The van der Waals surface area contributed by atoms with E-state index < -0.39 is 5.97 Å². The third-order valence-corrected chi connectivity index (χ3v) is 2.81. The second kappa shape index (κ2) is 4.93. The molecule has 3 nitrogen and oxygen atoms in total. The minimum atomic E-state index is -0.470. The number of ether oxygens (including phenoxy) is 1. The van der Waals surface area contributed by atoms with E-state index in [1.165, 1.54) is 0 Å². The number of esters is 1. The highest BCUT2D eigenvalue weighted by atomic mass is 32.2. The van der Waals surface area contributed by atoms with Crippen LogP contribution in [0, 0.1) is 11.3 Å². The van der Waals surface area contributed by atoms with Crippen molar-refractivity contribution in [1.29, 1.82) is 5.26 Å². The van der Waals surface area contributed by atoms with Crippen molar-refractivity contribution in [2.24, 2.45) is 0 Å². The Labute approximate surface area is 81.8 Å². The van der Waals surface area contributed by atoms with E-state index in [4.69, 9.17) is 10.00 Å². The number of rotatable bonds is 2. The van der Waals surface area contributed by atoms with E-state index in [2.05, 4.69) is 0 Å². The smallest absolute Gasteiger partial charge is 0.348 e. The lowest BCUT2D eigenvalue weighted by atomic mass is 10.1. The molecule has 0 atom stereocenters. The molecule has 0 unspecified atom stereocenters. The van der Waals surface area contributed by atoms with Crippen molar-refractivity contribution in [2.75, 3.05) is 18.1 Å². The van der Waals surface area contributed by atoms with Crippen molar-refractivity contribution >= 4 is 17.7 Å². The molecule has 1 aliphatic rings.